The maximum atomic E-state index is 5.88. The number of benzene rings is 2. The molecule has 2 aromatic carbocycles. The first kappa shape index (κ1) is 14.9. The Balaban J connectivity index is 1.83. The standard InChI is InChI=1S/C17H14ClN3S/c1-22-15-8-2-12(3-9-15)16-10-11-19-17(21-16)20-14-6-4-13(18)5-7-14/h2-11H,1H3,(H,19,20,21). The highest BCUT2D eigenvalue weighted by molar-refractivity contribution is 7.98. The normalized spacial score (nSPS) is 10.5. The van der Waals surface area contributed by atoms with E-state index in [4.69, 9.17) is 11.6 Å². The molecule has 0 bridgehead atoms. The molecule has 0 spiro atoms. The third kappa shape index (κ3) is 3.59. The Morgan fingerprint density at radius 1 is 0.955 bits per heavy atom. The van der Waals surface area contributed by atoms with Crippen LogP contribution in [0, 0.1) is 0 Å². The predicted octanol–water partition coefficient (Wildman–Crippen LogP) is 5.26. The maximum Gasteiger partial charge on any atom is 0.227 e. The quantitative estimate of drug-likeness (QED) is 0.663. The number of aromatic nitrogens is 2. The molecule has 5 heteroatoms. The minimum Gasteiger partial charge on any atom is -0.324 e. The highest BCUT2D eigenvalue weighted by Crippen LogP contribution is 2.23. The third-order valence-electron chi connectivity index (χ3n) is 3.14. The zero-order valence-electron chi connectivity index (χ0n) is 12.0. The molecular weight excluding hydrogens is 314 g/mol. The largest absolute Gasteiger partial charge is 0.324 e. The van der Waals surface area contributed by atoms with E-state index in [0.717, 1.165) is 16.9 Å². The van der Waals surface area contributed by atoms with Gasteiger partial charge in [0.15, 0.2) is 0 Å². The van der Waals surface area contributed by atoms with Crippen molar-refractivity contribution in [2.24, 2.45) is 0 Å². The second-order valence-corrected chi connectivity index (χ2v) is 5.94. The Labute approximate surface area is 138 Å². The van der Waals surface area contributed by atoms with Crippen LogP contribution in [0.25, 0.3) is 11.3 Å². The van der Waals surface area contributed by atoms with Gasteiger partial charge < -0.3 is 5.32 Å². The fourth-order valence-electron chi connectivity index (χ4n) is 2.00. The van der Waals surface area contributed by atoms with Crippen LogP contribution in [0.2, 0.25) is 5.02 Å². The van der Waals surface area contributed by atoms with Gasteiger partial charge in [0.05, 0.1) is 5.69 Å². The van der Waals surface area contributed by atoms with Gasteiger partial charge in [-0.2, -0.15) is 0 Å². The zero-order valence-corrected chi connectivity index (χ0v) is 13.5. The molecule has 110 valence electrons. The summed E-state index contributed by atoms with van der Waals surface area (Å²) < 4.78 is 0. The van der Waals surface area contributed by atoms with E-state index >= 15 is 0 Å². The van der Waals surface area contributed by atoms with E-state index in [1.54, 1.807) is 18.0 Å². The average molecular weight is 328 g/mol. The average Bonchev–Trinajstić information content (AvgIpc) is 2.57. The van der Waals surface area contributed by atoms with E-state index in [1.165, 1.54) is 4.90 Å². The van der Waals surface area contributed by atoms with E-state index in [9.17, 15) is 0 Å². The Hall–Kier alpha value is -2.04. The van der Waals surface area contributed by atoms with Crippen molar-refractivity contribution in [2.45, 2.75) is 4.90 Å². The molecule has 0 saturated carbocycles. The number of nitrogens with one attached hydrogen (secondary N) is 1. The highest BCUT2D eigenvalue weighted by atomic mass is 35.5. The molecule has 0 unspecified atom stereocenters. The molecule has 3 rings (SSSR count). The van der Waals surface area contributed by atoms with E-state index < -0.39 is 0 Å². The van der Waals surface area contributed by atoms with Gasteiger partial charge >= 0.3 is 0 Å². The van der Waals surface area contributed by atoms with E-state index in [-0.39, 0.29) is 0 Å². The minimum atomic E-state index is 0.564. The molecule has 0 atom stereocenters. The number of halogens is 1. The van der Waals surface area contributed by atoms with Gasteiger partial charge in [-0.05, 0) is 48.7 Å². The summed E-state index contributed by atoms with van der Waals surface area (Å²) in [7, 11) is 0. The summed E-state index contributed by atoms with van der Waals surface area (Å²) in [5.74, 6) is 0.564. The smallest absolute Gasteiger partial charge is 0.227 e. The van der Waals surface area contributed by atoms with Gasteiger partial charge in [-0.3, -0.25) is 0 Å². The van der Waals surface area contributed by atoms with Crippen molar-refractivity contribution in [3.05, 3.63) is 65.8 Å². The molecule has 0 amide bonds. The number of anilines is 2. The Morgan fingerprint density at radius 2 is 1.68 bits per heavy atom. The van der Waals surface area contributed by atoms with Crippen molar-refractivity contribution in [1.82, 2.24) is 9.97 Å². The Morgan fingerprint density at radius 3 is 2.36 bits per heavy atom. The fourth-order valence-corrected chi connectivity index (χ4v) is 2.54. The summed E-state index contributed by atoms with van der Waals surface area (Å²) in [4.78, 5) is 10.0. The maximum absolute atomic E-state index is 5.88. The van der Waals surface area contributed by atoms with Crippen molar-refractivity contribution in [3.63, 3.8) is 0 Å². The second kappa shape index (κ2) is 6.81. The molecule has 3 nitrogen and oxygen atoms in total. The second-order valence-electron chi connectivity index (χ2n) is 4.63. The first-order valence-electron chi connectivity index (χ1n) is 6.75. The molecule has 0 radical (unpaired) electrons. The number of thioether (sulfide) groups is 1. The van der Waals surface area contributed by atoms with Gasteiger partial charge in [-0.15, -0.1) is 11.8 Å². The van der Waals surface area contributed by atoms with Gasteiger partial charge in [0.1, 0.15) is 0 Å². The van der Waals surface area contributed by atoms with E-state index in [2.05, 4.69) is 45.8 Å². The van der Waals surface area contributed by atoms with E-state index in [1.807, 2.05) is 30.3 Å². The molecule has 1 aromatic heterocycles. The van der Waals surface area contributed by atoms with Crippen LogP contribution in [0.3, 0.4) is 0 Å². The summed E-state index contributed by atoms with van der Waals surface area (Å²) >= 11 is 7.61. The van der Waals surface area contributed by atoms with Crippen LogP contribution in [-0.4, -0.2) is 16.2 Å². The number of nitrogens with zero attached hydrogens (tertiary/aromatic N) is 2. The third-order valence-corrected chi connectivity index (χ3v) is 4.14. The van der Waals surface area contributed by atoms with Crippen LogP contribution >= 0.6 is 23.4 Å². The van der Waals surface area contributed by atoms with Crippen LogP contribution in [0.1, 0.15) is 0 Å². The van der Waals surface area contributed by atoms with Crippen molar-refractivity contribution in [3.8, 4) is 11.3 Å². The molecule has 0 fully saturated rings. The summed E-state index contributed by atoms with van der Waals surface area (Å²) in [6, 6.07) is 17.7. The van der Waals surface area contributed by atoms with Crippen LogP contribution in [-0.2, 0) is 0 Å². The number of hydrogen-bond acceptors (Lipinski definition) is 4. The van der Waals surface area contributed by atoms with Crippen LogP contribution in [0.5, 0.6) is 0 Å². The lowest BCUT2D eigenvalue weighted by molar-refractivity contribution is 1.17. The number of hydrogen-bond donors (Lipinski definition) is 1. The minimum absolute atomic E-state index is 0.564. The van der Waals surface area contributed by atoms with Crippen molar-refractivity contribution in [2.75, 3.05) is 11.6 Å². The molecule has 3 aromatic rings. The Bertz CT molecular complexity index is 758. The van der Waals surface area contributed by atoms with Crippen molar-refractivity contribution in [1.29, 1.82) is 0 Å². The fraction of sp³-hybridized carbons (Fsp3) is 0.0588. The first-order chi connectivity index (χ1) is 10.7. The zero-order chi connectivity index (χ0) is 15.4. The van der Waals surface area contributed by atoms with Gasteiger partial charge in [0.25, 0.3) is 0 Å². The van der Waals surface area contributed by atoms with Crippen LogP contribution in [0.4, 0.5) is 11.6 Å². The molecule has 0 aliphatic rings. The van der Waals surface area contributed by atoms with Crippen LogP contribution < -0.4 is 5.32 Å². The molecule has 22 heavy (non-hydrogen) atoms. The number of rotatable bonds is 4. The molecule has 0 aliphatic carbocycles. The Kier molecular flexibility index (Phi) is 4.61. The van der Waals surface area contributed by atoms with Gasteiger partial charge in [0.2, 0.25) is 5.95 Å². The summed E-state index contributed by atoms with van der Waals surface area (Å²) in [6.07, 6.45) is 3.82. The molecule has 0 saturated heterocycles. The topological polar surface area (TPSA) is 37.8 Å². The summed E-state index contributed by atoms with van der Waals surface area (Å²) in [6.45, 7) is 0. The highest BCUT2D eigenvalue weighted by Gasteiger charge is 2.03. The first-order valence-corrected chi connectivity index (χ1v) is 8.35. The van der Waals surface area contributed by atoms with E-state index in [0.29, 0.717) is 11.0 Å². The van der Waals surface area contributed by atoms with Crippen LogP contribution in [0.15, 0.2) is 65.7 Å². The summed E-state index contributed by atoms with van der Waals surface area (Å²) in [5, 5.41) is 3.88. The molecule has 0 aliphatic heterocycles. The van der Waals surface area contributed by atoms with Gasteiger partial charge in [-0.1, -0.05) is 23.7 Å². The van der Waals surface area contributed by atoms with Crippen molar-refractivity contribution >= 4 is 35.0 Å². The lowest BCUT2D eigenvalue weighted by Crippen LogP contribution is -1.97. The SMILES string of the molecule is CSc1ccc(-c2ccnc(Nc3ccc(Cl)cc3)n2)cc1. The van der Waals surface area contributed by atoms with Gasteiger partial charge in [0, 0.05) is 27.4 Å². The predicted molar refractivity (Wildman–Crippen MR) is 94.0 cm³/mol. The molecule has 1 heterocycles. The monoisotopic (exact) mass is 327 g/mol. The lowest BCUT2D eigenvalue weighted by Gasteiger charge is -2.07. The van der Waals surface area contributed by atoms with Crippen molar-refractivity contribution < 1.29 is 0 Å². The molecular formula is C17H14ClN3S. The molecule has 1 N–H and O–H groups in total. The summed E-state index contributed by atoms with van der Waals surface area (Å²) in [5.41, 5.74) is 2.86. The lowest BCUT2D eigenvalue weighted by atomic mass is 10.1. The van der Waals surface area contributed by atoms with Gasteiger partial charge in [-0.25, -0.2) is 9.97 Å².